The van der Waals surface area contributed by atoms with Crippen molar-refractivity contribution < 1.29 is 9.59 Å². The van der Waals surface area contributed by atoms with Gasteiger partial charge in [-0.15, -0.1) is 10.2 Å². The number of thiazole rings is 1. The molecule has 0 radical (unpaired) electrons. The topological polar surface area (TPSA) is 102 Å². The van der Waals surface area contributed by atoms with Gasteiger partial charge in [-0.3, -0.25) is 14.2 Å². The maximum absolute atomic E-state index is 12.7. The third kappa shape index (κ3) is 5.94. The Morgan fingerprint density at radius 3 is 2.54 bits per heavy atom. The normalized spacial score (nSPS) is 11.0. The van der Waals surface area contributed by atoms with Crippen LogP contribution < -0.4 is 10.6 Å². The Hall–Kier alpha value is -3.44. The number of nitrogens with one attached hydrogen (secondary N) is 2. The second-order valence-corrected chi connectivity index (χ2v) is 10.5. The lowest BCUT2D eigenvalue weighted by Gasteiger charge is -2.11. The lowest BCUT2D eigenvalue weighted by molar-refractivity contribution is -0.113. The fourth-order valence-electron chi connectivity index (χ4n) is 3.48. The monoisotopic (exact) mass is 568 g/mol. The molecule has 5 aromatic rings. The first-order valence-corrected chi connectivity index (χ1v) is 13.5. The van der Waals surface area contributed by atoms with Crippen LogP contribution in [-0.2, 0) is 11.3 Å². The van der Waals surface area contributed by atoms with E-state index in [4.69, 9.17) is 23.2 Å². The maximum atomic E-state index is 12.7. The predicted octanol–water partition coefficient (Wildman–Crippen LogP) is 5.84. The van der Waals surface area contributed by atoms with Gasteiger partial charge in [-0.2, -0.15) is 0 Å². The number of hydrogen-bond donors (Lipinski definition) is 2. The third-order valence-electron chi connectivity index (χ3n) is 5.17. The summed E-state index contributed by atoms with van der Waals surface area (Å²) < 4.78 is 2.81. The fraction of sp³-hybridized carbons (Fsp3) is 0.0800. The highest BCUT2D eigenvalue weighted by molar-refractivity contribution is 7.99. The highest BCUT2D eigenvalue weighted by Gasteiger charge is 2.18. The average molecular weight is 569 g/mol. The van der Waals surface area contributed by atoms with Crippen LogP contribution in [0, 0.1) is 0 Å². The third-order valence-corrected chi connectivity index (χ3v) is 7.60. The van der Waals surface area contributed by atoms with E-state index in [1.807, 2.05) is 54.6 Å². The lowest BCUT2D eigenvalue weighted by Crippen LogP contribution is -2.25. The molecule has 186 valence electrons. The number of anilines is 1. The van der Waals surface area contributed by atoms with Crippen molar-refractivity contribution >= 4 is 73.5 Å². The average Bonchev–Trinajstić information content (AvgIpc) is 3.49. The number of carbonyl (C=O) groups is 2. The number of rotatable bonds is 8. The summed E-state index contributed by atoms with van der Waals surface area (Å²) in [5.41, 5.74) is 1.94. The van der Waals surface area contributed by atoms with Crippen LogP contribution in [0.25, 0.3) is 15.9 Å². The Balaban J connectivity index is 1.30. The van der Waals surface area contributed by atoms with Gasteiger partial charge in [0.15, 0.2) is 16.1 Å². The molecule has 0 saturated heterocycles. The van der Waals surface area contributed by atoms with E-state index in [1.165, 1.54) is 29.2 Å². The fourth-order valence-corrected chi connectivity index (χ4v) is 5.63. The zero-order valence-electron chi connectivity index (χ0n) is 19.0. The van der Waals surface area contributed by atoms with Crippen molar-refractivity contribution in [2.24, 2.45) is 0 Å². The quantitative estimate of drug-likeness (QED) is 0.228. The number of benzene rings is 3. The van der Waals surface area contributed by atoms with E-state index in [0.29, 0.717) is 26.7 Å². The van der Waals surface area contributed by atoms with Crippen molar-refractivity contribution in [3.8, 4) is 5.69 Å². The van der Waals surface area contributed by atoms with Crippen LogP contribution in [-0.4, -0.2) is 37.3 Å². The summed E-state index contributed by atoms with van der Waals surface area (Å²) in [5, 5.41) is 16.0. The van der Waals surface area contributed by atoms with Crippen molar-refractivity contribution in [3.63, 3.8) is 0 Å². The Kier molecular flexibility index (Phi) is 7.71. The molecule has 0 fully saturated rings. The van der Waals surface area contributed by atoms with E-state index in [-0.39, 0.29) is 29.1 Å². The molecule has 0 bridgehead atoms. The molecule has 2 amide bonds. The van der Waals surface area contributed by atoms with Gasteiger partial charge in [0.1, 0.15) is 0 Å². The number of aromatic nitrogens is 4. The van der Waals surface area contributed by atoms with E-state index in [0.717, 1.165) is 15.9 Å². The van der Waals surface area contributed by atoms with Gasteiger partial charge in [0.05, 0.1) is 33.1 Å². The number of nitrogens with zero attached hydrogens (tertiary/aromatic N) is 4. The second kappa shape index (κ2) is 11.3. The van der Waals surface area contributed by atoms with Gasteiger partial charge in [-0.05, 0) is 42.5 Å². The van der Waals surface area contributed by atoms with Crippen LogP contribution in [0.1, 0.15) is 16.2 Å². The molecule has 3 aromatic carbocycles. The summed E-state index contributed by atoms with van der Waals surface area (Å²) in [7, 11) is 0. The van der Waals surface area contributed by atoms with Crippen molar-refractivity contribution in [1.82, 2.24) is 25.1 Å². The standard InChI is InChI=1S/C25H18Cl2N6O2S2/c26-15-10-11-17(18(27)12-15)23(35)28-13-21-31-32-25(33(21)16-6-2-1-3-7-16)36-14-22(34)30-24-29-19-8-4-5-9-20(19)37-24/h1-12H,13-14H2,(H,28,35)(H,29,30,34). The van der Waals surface area contributed by atoms with Crippen molar-refractivity contribution in [2.45, 2.75) is 11.7 Å². The minimum absolute atomic E-state index is 0.0954. The molecule has 8 nitrogen and oxygen atoms in total. The smallest absolute Gasteiger partial charge is 0.253 e. The molecule has 5 rings (SSSR count). The molecule has 0 saturated carbocycles. The highest BCUT2D eigenvalue weighted by atomic mass is 35.5. The lowest BCUT2D eigenvalue weighted by atomic mass is 10.2. The van der Waals surface area contributed by atoms with Gasteiger partial charge in [-0.25, -0.2) is 4.98 Å². The molecule has 12 heteroatoms. The Labute approximate surface area is 230 Å². The Morgan fingerprint density at radius 2 is 1.76 bits per heavy atom. The molecule has 2 aromatic heterocycles. The number of amides is 2. The predicted molar refractivity (Wildman–Crippen MR) is 148 cm³/mol. The van der Waals surface area contributed by atoms with Crippen LogP contribution >= 0.6 is 46.3 Å². The van der Waals surface area contributed by atoms with Crippen molar-refractivity contribution in [1.29, 1.82) is 0 Å². The molecule has 0 aliphatic heterocycles. The number of thioether (sulfide) groups is 1. The van der Waals surface area contributed by atoms with Gasteiger partial charge in [0.2, 0.25) is 5.91 Å². The van der Waals surface area contributed by atoms with Crippen molar-refractivity contribution in [2.75, 3.05) is 11.1 Å². The van der Waals surface area contributed by atoms with Crippen LogP contribution in [0.3, 0.4) is 0 Å². The molecule has 0 atom stereocenters. The zero-order chi connectivity index (χ0) is 25.8. The summed E-state index contributed by atoms with van der Waals surface area (Å²) in [5.74, 6) is 0.0273. The molecule has 2 N–H and O–H groups in total. The summed E-state index contributed by atoms with van der Waals surface area (Å²) in [4.78, 5) is 29.8. The van der Waals surface area contributed by atoms with E-state index < -0.39 is 0 Å². The van der Waals surface area contributed by atoms with E-state index in [9.17, 15) is 9.59 Å². The molecular formula is C25H18Cl2N6O2S2. The first kappa shape index (κ1) is 25.2. The zero-order valence-corrected chi connectivity index (χ0v) is 22.2. The number of hydrogen-bond acceptors (Lipinski definition) is 7. The summed E-state index contributed by atoms with van der Waals surface area (Å²) in [6, 6.07) is 21.9. The molecule has 2 heterocycles. The SMILES string of the molecule is O=C(CSc1nnc(CNC(=O)c2ccc(Cl)cc2Cl)n1-c1ccccc1)Nc1nc2ccccc2s1. The number of fused-ring (bicyclic) bond motifs is 1. The first-order valence-electron chi connectivity index (χ1n) is 11.0. The van der Waals surface area contributed by atoms with Gasteiger partial charge >= 0.3 is 0 Å². The minimum atomic E-state index is -0.367. The molecule has 0 spiro atoms. The van der Waals surface area contributed by atoms with Crippen LogP contribution in [0.2, 0.25) is 10.0 Å². The van der Waals surface area contributed by atoms with Crippen LogP contribution in [0.5, 0.6) is 0 Å². The maximum Gasteiger partial charge on any atom is 0.253 e. The van der Waals surface area contributed by atoms with Gasteiger partial charge in [-0.1, -0.05) is 76.6 Å². The largest absolute Gasteiger partial charge is 0.345 e. The second-order valence-electron chi connectivity index (χ2n) is 7.70. The number of halogens is 2. The number of para-hydroxylation sites is 2. The van der Waals surface area contributed by atoms with Gasteiger partial charge in [0.25, 0.3) is 5.91 Å². The van der Waals surface area contributed by atoms with E-state index >= 15 is 0 Å². The molecule has 0 unspecified atom stereocenters. The first-order chi connectivity index (χ1) is 18.0. The Bertz CT molecular complexity index is 1560. The Morgan fingerprint density at radius 1 is 0.973 bits per heavy atom. The van der Waals surface area contributed by atoms with Crippen molar-refractivity contribution in [3.05, 3.63) is 94.2 Å². The summed E-state index contributed by atoms with van der Waals surface area (Å²) in [6.45, 7) is 0.0954. The van der Waals surface area contributed by atoms with E-state index in [1.54, 1.807) is 16.7 Å². The molecule has 0 aliphatic rings. The molecule has 37 heavy (non-hydrogen) atoms. The summed E-state index contributed by atoms with van der Waals surface area (Å²) in [6.07, 6.45) is 0. The highest BCUT2D eigenvalue weighted by Crippen LogP contribution is 2.27. The number of carbonyl (C=O) groups excluding carboxylic acids is 2. The van der Waals surface area contributed by atoms with Gasteiger partial charge in [0, 0.05) is 10.7 Å². The minimum Gasteiger partial charge on any atom is -0.345 e. The van der Waals surface area contributed by atoms with Crippen LogP contribution in [0.4, 0.5) is 5.13 Å². The summed E-state index contributed by atoms with van der Waals surface area (Å²) >= 11 is 14.8. The van der Waals surface area contributed by atoms with Crippen LogP contribution in [0.15, 0.2) is 78.0 Å². The van der Waals surface area contributed by atoms with Gasteiger partial charge < -0.3 is 10.6 Å². The molecule has 0 aliphatic carbocycles. The molecular weight excluding hydrogens is 551 g/mol. The van der Waals surface area contributed by atoms with E-state index in [2.05, 4.69) is 25.8 Å².